The van der Waals surface area contributed by atoms with Gasteiger partial charge in [-0.3, -0.25) is 9.59 Å². The van der Waals surface area contributed by atoms with Crippen molar-refractivity contribution in [1.29, 1.82) is 0 Å². The highest BCUT2D eigenvalue weighted by atomic mass is 16.3. The van der Waals surface area contributed by atoms with Crippen molar-refractivity contribution in [2.45, 2.75) is 65.5 Å². The van der Waals surface area contributed by atoms with Gasteiger partial charge >= 0.3 is 0 Å². The normalized spacial score (nSPS) is 30.8. The van der Waals surface area contributed by atoms with Crippen LogP contribution in [-0.2, 0) is 9.59 Å². The molecule has 3 aliphatic rings. The summed E-state index contributed by atoms with van der Waals surface area (Å²) in [6.45, 7) is 12.3. The monoisotopic (exact) mass is 396 g/mol. The van der Waals surface area contributed by atoms with Gasteiger partial charge in [-0.05, 0) is 55.1 Å². The maximum atomic E-state index is 13.9. The number of carbonyl (C=O) groups is 2. The molecular formula is C24H32N2O3. The van der Waals surface area contributed by atoms with Gasteiger partial charge in [0, 0.05) is 5.57 Å². The van der Waals surface area contributed by atoms with Crippen molar-refractivity contribution >= 4 is 17.5 Å². The van der Waals surface area contributed by atoms with Crippen molar-refractivity contribution in [3.8, 4) is 0 Å². The lowest BCUT2D eigenvalue weighted by molar-refractivity contribution is -0.132. The highest BCUT2D eigenvalue weighted by Crippen LogP contribution is 2.70. The Kier molecular flexibility index (Phi) is 4.65. The molecule has 0 aromatic heterocycles. The number of hydrogen-bond acceptors (Lipinski definition) is 3. The van der Waals surface area contributed by atoms with Crippen molar-refractivity contribution in [3.63, 3.8) is 0 Å². The maximum absolute atomic E-state index is 13.9. The Morgan fingerprint density at radius 1 is 1.28 bits per heavy atom. The van der Waals surface area contributed by atoms with Crippen LogP contribution in [0.1, 0.15) is 53.4 Å². The molecule has 1 aromatic carbocycles. The molecular weight excluding hydrogens is 364 g/mol. The summed E-state index contributed by atoms with van der Waals surface area (Å²) < 4.78 is 0. The number of hydrazine groups is 1. The van der Waals surface area contributed by atoms with E-state index in [1.54, 1.807) is 10.0 Å². The first-order chi connectivity index (χ1) is 13.6. The van der Waals surface area contributed by atoms with Crippen molar-refractivity contribution < 1.29 is 14.7 Å². The van der Waals surface area contributed by atoms with Crippen molar-refractivity contribution in [1.82, 2.24) is 5.01 Å². The molecule has 29 heavy (non-hydrogen) atoms. The third kappa shape index (κ3) is 2.63. The Labute approximate surface area is 173 Å². The van der Waals surface area contributed by atoms with Crippen LogP contribution in [0.5, 0.6) is 0 Å². The molecule has 1 N–H and O–H groups in total. The molecule has 1 aliphatic heterocycles. The van der Waals surface area contributed by atoms with E-state index in [2.05, 4.69) is 20.4 Å². The van der Waals surface area contributed by atoms with Gasteiger partial charge in [0.2, 0.25) is 0 Å². The first kappa shape index (κ1) is 20.1. The van der Waals surface area contributed by atoms with Crippen LogP contribution in [0.25, 0.3) is 0 Å². The topological polar surface area (TPSA) is 60.9 Å². The summed E-state index contributed by atoms with van der Waals surface area (Å²) in [5, 5.41) is 13.8. The Morgan fingerprint density at radius 2 is 1.93 bits per heavy atom. The number of anilines is 1. The highest BCUT2D eigenvalue weighted by Gasteiger charge is 2.75. The predicted molar refractivity (Wildman–Crippen MR) is 113 cm³/mol. The number of aliphatic hydroxyl groups excluding tert-OH is 1. The minimum atomic E-state index is -0.904. The number of nitrogens with zero attached hydrogens (tertiary/aromatic N) is 2. The second-order valence-corrected chi connectivity index (χ2v) is 9.95. The zero-order valence-corrected chi connectivity index (χ0v) is 17.9. The number of rotatable bonds is 5. The zero-order chi connectivity index (χ0) is 21.1. The molecule has 5 heteroatoms. The van der Waals surface area contributed by atoms with Gasteiger partial charge in [-0.15, -0.1) is 0 Å². The van der Waals surface area contributed by atoms with E-state index in [0.717, 1.165) is 19.3 Å². The number of carbonyl (C=O) groups excluding carboxylic acids is 2. The van der Waals surface area contributed by atoms with E-state index in [4.69, 9.17) is 0 Å². The van der Waals surface area contributed by atoms with E-state index >= 15 is 0 Å². The summed E-state index contributed by atoms with van der Waals surface area (Å²) in [5.41, 5.74) is 0.145. The SMILES string of the molecule is C=C(C(=O)N1C2CC3CCC2(C(=O)N1c1ccccc1)C3(C)C)[C@H](O)CC(C)C. The Hall–Kier alpha value is -2.14. The van der Waals surface area contributed by atoms with E-state index in [1.165, 1.54) is 0 Å². The fourth-order valence-corrected chi connectivity index (χ4v) is 6.11. The molecule has 3 fully saturated rings. The first-order valence-corrected chi connectivity index (χ1v) is 10.7. The summed E-state index contributed by atoms with van der Waals surface area (Å²) in [7, 11) is 0. The smallest absolute Gasteiger partial charge is 0.271 e. The van der Waals surface area contributed by atoms with E-state index in [1.807, 2.05) is 44.2 Å². The molecule has 2 amide bonds. The molecule has 2 aliphatic carbocycles. The van der Waals surface area contributed by atoms with Crippen LogP contribution in [0.3, 0.4) is 0 Å². The van der Waals surface area contributed by atoms with Gasteiger partial charge in [-0.1, -0.05) is 52.5 Å². The summed E-state index contributed by atoms with van der Waals surface area (Å²) in [6, 6.07) is 9.20. The van der Waals surface area contributed by atoms with Gasteiger partial charge in [-0.25, -0.2) is 10.0 Å². The third-order valence-corrected chi connectivity index (χ3v) is 7.80. The fraction of sp³-hybridized carbons (Fsp3) is 0.583. The van der Waals surface area contributed by atoms with Crippen LogP contribution >= 0.6 is 0 Å². The van der Waals surface area contributed by atoms with Crippen LogP contribution in [-0.4, -0.2) is 34.1 Å². The molecule has 2 saturated carbocycles. The van der Waals surface area contributed by atoms with Crippen LogP contribution < -0.4 is 5.01 Å². The van der Waals surface area contributed by atoms with E-state index in [-0.39, 0.29) is 34.8 Å². The molecule has 156 valence electrons. The third-order valence-electron chi connectivity index (χ3n) is 7.80. The van der Waals surface area contributed by atoms with Gasteiger partial charge < -0.3 is 5.11 Å². The Bertz CT molecular complexity index is 847. The summed E-state index contributed by atoms with van der Waals surface area (Å²) in [4.78, 5) is 27.5. The van der Waals surface area contributed by atoms with Crippen molar-refractivity contribution in [2.24, 2.45) is 22.7 Å². The number of fused-ring (bicyclic) bond motifs is 1. The summed E-state index contributed by atoms with van der Waals surface area (Å²) in [5.74, 6) is 0.352. The number of amides is 2. The number of hydrogen-bond donors (Lipinski definition) is 1. The molecule has 1 saturated heterocycles. The molecule has 1 heterocycles. The first-order valence-electron chi connectivity index (χ1n) is 10.7. The minimum Gasteiger partial charge on any atom is -0.388 e. The van der Waals surface area contributed by atoms with E-state index < -0.39 is 11.5 Å². The molecule has 0 radical (unpaired) electrons. The molecule has 2 bridgehead atoms. The molecule has 4 rings (SSSR count). The summed E-state index contributed by atoms with van der Waals surface area (Å²) >= 11 is 0. The van der Waals surface area contributed by atoms with Crippen molar-refractivity contribution in [3.05, 3.63) is 42.5 Å². The lowest BCUT2D eigenvalue weighted by Crippen LogP contribution is -2.49. The average Bonchev–Trinajstić information content (AvgIpc) is 3.19. The average molecular weight is 397 g/mol. The van der Waals surface area contributed by atoms with Gasteiger partial charge in [-0.2, -0.15) is 0 Å². The second kappa shape index (κ2) is 6.69. The van der Waals surface area contributed by atoms with Gasteiger partial charge in [0.25, 0.3) is 11.8 Å². The fourth-order valence-electron chi connectivity index (χ4n) is 6.11. The molecule has 4 atom stereocenters. The van der Waals surface area contributed by atoms with Gasteiger partial charge in [0.15, 0.2) is 0 Å². The van der Waals surface area contributed by atoms with Gasteiger partial charge in [0.05, 0.1) is 23.2 Å². The number of aliphatic hydroxyl groups is 1. The van der Waals surface area contributed by atoms with Crippen LogP contribution in [0.15, 0.2) is 42.5 Å². The quantitative estimate of drug-likeness (QED) is 0.767. The van der Waals surface area contributed by atoms with Crippen LogP contribution in [0.2, 0.25) is 0 Å². The maximum Gasteiger partial charge on any atom is 0.271 e. The number of para-hydroxylation sites is 1. The molecule has 5 nitrogen and oxygen atoms in total. The van der Waals surface area contributed by atoms with E-state index in [0.29, 0.717) is 18.0 Å². The lowest BCUT2D eigenvalue weighted by Gasteiger charge is -2.35. The van der Waals surface area contributed by atoms with Crippen molar-refractivity contribution in [2.75, 3.05) is 5.01 Å². The zero-order valence-electron chi connectivity index (χ0n) is 17.9. The second-order valence-electron chi connectivity index (χ2n) is 9.95. The standard InChI is InChI=1S/C24H32N2O3/c1-15(2)13-19(27)16(3)21(28)26-20-14-17-11-12-24(20,23(17,4)5)22(29)25(26)18-9-7-6-8-10-18/h6-10,15,17,19-20,27H,3,11-14H2,1-2,4-5H3/t17?,19-,20?,24?/m1/s1. The molecule has 1 spiro atoms. The summed E-state index contributed by atoms with van der Waals surface area (Å²) in [6.07, 6.45) is 2.22. The lowest BCUT2D eigenvalue weighted by atomic mass is 9.67. The van der Waals surface area contributed by atoms with Crippen LogP contribution in [0.4, 0.5) is 5.69 Å². The van der Waals surface area contributed by atoms with Gasteiger partial charge in [0.1, 0.15) is 0 Å². The highest BCUT2D eigenvalue weighted by molar-refractivity contribution is 6.08. The Morgan fingerprint density at radius 3 is 2.52 bits per heavy atom. The molecule has 1 aromatic rings. The van der Waals surface area contributed by atoms with E-state index in [9.17, 15) is 14.7 Å². The minimum absolute atomic E-state index is 0.0122. The Balaban J connectivity index is 1.77. The van der Waals surface area contributed by atoms with Crippen LogP contribution in [0, 0.1) is 22.7 Å². The predicted octanol–water partition coefficient (Wildman–Crippen LogP) is 3.93. The largest absolute Gasteiger partial charge is 0.388 e. The number of benzene rings is 1. The molecule has 3 unspecified atom stereocenters.